The molecule has 1 N–H and O–H groups in total. The molecule has 2 bridgehead atoms. The molecule has 2 unspecified atom stereocenters. The molecule has 0 amide bonds. The Hall–Kier alpha value is -0.130. The van der Waals surface area contributed by atoms with Crippen LogP contribution in [0.25, 0.3) is 0 Å². The van der Waals surface area contributed by atoms with Gasteiger partial charge >= 0.3 is 0 Å². The summed E-state index contributed by atoms with van der Waals surface area (Å²) < 4.78 is 26.5. The lowest BCUT2D eigenvalue weighted by Crippen LogP contribution is -2.49. The van der Waals surface area contributed by atoms with Gasteiger partial charge in [-0.05, 0) is 37.5 Å². The summed E-state index contributed by atoms with van der Waals surface area (Å²) in [6.45, 7) is 6.27. The van der Waals surface area contributed by atoms with Crippen LogP contribution in [-0.2, 0) is 10.0 Å². The van der Waals surface area contributed by atoms with E-state index >= 15 is 0 Å². The van der Waals surface area contributed by atoms with Gasteiger partial charge in [0.25, 0.3) is 0 Å². The van der Waals surface area contributed by atoms with Crippen molar-refractivity contribution >= 4 is 10.0 Å². The molecule has 2 saturated heterocycles. The quantitative estimate of drug-likeness (QED) is 0.860. The first kappa shape index (κ1) is 15.3. The van der Waals surface area contributed by atoms with Crippen LogP contribution in [0.15, 0.2) is 0 Å². The number of nitrogens with zero attached hydrogens (tertiary/aromatic N) is 1. The van der Waals surface area contributed by atoms with Crippen molar-refractivity contribution in [2.24, 2.45) is 5.41 Å². The maximum absolute atomic E-state index is 12.4. The molecular formula is C14H28N2O2S. The largest absolute Gasteiger partial charge is 0.311 e. The van der Waals surface area contributed by atoms with Crippen molar-refractivity contribution < 1.29 is 8.42 Å². The molecule has 2 atom stereocenters. The van der Waals surface area contributed by atoms with Crippen molar-refractivity contribution in [2.75, 3.05) is 12.8 Å². The van der Waals surface area contributed by atoms with Crippen molar-refractivity contribution in [3.63, 3.8) is 0 Å². The highest BCUT2D eigenvalue weighted by Crippen LogP contribution is 2.31. The lowest BCUT2D eigenvalue weighted by atomic mass is 9.94. The standard InChI is InChI=1S/C14H28N2O2S/c1-14(2,3)7-8-19(17,18)16(4)13-9-11-5-6-12(10-13)15-11/h11-13,15H,5-10H2,1-4H3. The Morgan fingerprint density at radius 1 is 1.16 bits per heavy atom. The van der Waals surface area contributed by atoms with Gasteiger partial charge in [-0.15, -0.1) is 0 Å². The number of hydrogen-bond donors (Lipinski definition) is 1. The second kappa shape index (κ2) is 5.34. The molecular weight excluding hydrogens is 260 g/mol. The number of sulfonamides is 1. The molecule has 2 rings (SSSR count). The van der Waals surface area contributed by atoms with E-state index in [2.05, 4.69) is 26.1 Å². The highest BCUT2D eigenvalue weighted by Gasteiger charge is 2.38. The van der Waals surface area contributed by atoms with Gasteiger partial charge in [0.2, 0.25) is 10.0 Å². The smallest absolute Gasteiger partial charge is 0.214 e. The Balaban J connectivity index is 1.96. The summed E-state index contributed by atoms with van der Waals surface area (Å²) >= 11 is 0. The van der Waals surface area contributed by atoms with Gasteiger partial charge < -0.3 is 5.32 Å². The Morgan fingerprint density at radius 3 is 2.16 bits per heavy atom. The molecule has 2 fully saturated rings. The average Bonchev–Trinajstić information content (AvgIpc) is 2.64. The Bertz CT molecular complexity index is 402. The number of rotatable bonds is 4. The highest BCUT2D eigenvalue weighted by atomic mass is 32.2. The van der Waals surface area contributed by atoms with E-state index in [1.807, 2.05) is 0 Å². The van der Waals surface area contributed by atoms with Crippen molar-refractivity contribution in [1.29, 1.82) is 0 Å². The van der Waals surface area contributed by atoms with Crippen LogP contribution in [0, 0.1) is 5.41 Å². The van der Waals surface area contributed by atoms with E-state index in [-0.39, 0.29) is 17.2 Å². The van der Waals surface area contributed by atoms with E-state index in [1.165, 1.54) is 12.8 Å². The first-order valence-electron chi connectivity index (χ1n) is 7.39. The molecule has 0 aromatic rings. The van der Waals surface area contributed by atoms with Crippen molar-refractivity contribution in [1.82, 2.24) is 9.62 Å². The Morgan fingerprint density at radius 2 is 1.68 bits per heavy atom. The molecule has 0 aromatic heterocycles. The van der Waals surface area contributed by atoms with E-state index in [4.69, 9.17) is 0 Å². The molecule has 2 heterocycles. The van der Waals surface area contributed by atoms with Crippen LogP contribution in [0.4, 0.5) is 0 Å². The van der Waals surface area contributed by atoms with Crippen molar-refractivity contribution in [3.05, 3.63) is 0 Å². The topological polar surface area (TPSA) is 49.4 Å². The fourth-order valence-electron chi connectivity index (χ4n) is 3.13. The molecule has 112 valence electrons. The van der Waals surface area contributed by atoms with Crippen LogP contribution in [-0.4, -0.2) is 43.6 Å². The lowest BCUT2D eigenvalue weighted by molar-refractivity contribution is 0.250. The maximum atomic E-state index is 12.4. The second-order valence-electron chi connectivity index (χ2n) is 7.41. The minimum Gasteiger partial charge on any atom is -0.311 e. The zero-order valence-corrected chi connectivity index (χ0v) is 13.5. The third-order valence-electron chi connectivity index (χ3n) is 4.51. The van der Waals surface area contributed by atoms with E-state index in [0.717, 1.165) is 19.3 Å². The van der Waals surface area contributed by atoms with Crippen molar-refractivity contribution in [2.45, 2.75) is 71.0 Å². The summed E-state index contributed by atoms with van der Waals surface area (Å²) in [5.41, 5.74) is 0.0705. The van der Waals surface area contributed by atoms with Gasteiger partial charge in [-0.2, -0.15) is 0 Å². The third-order valence-corrected chi connectivity index (χ3v) is 6.41. The van der Waals surface area contributed by atoms with Crippen LogP contribution in [0.1, 0.15) is 52.9 Å². The van der Waals surface area contributed by atoms with E-state index in [9.17, 15) is 8.42 Å². The van der Waals surface area contributed by atoms with Gasteiger partial charge in [-0.1, -0.05) is 20.8 Å². The number of fused-ring (bicyclic) bond motifs is 2. The Labute approximate surface area is 118 Å². The fraction of sp³-hybridized carbons (Fsp3) is 1.00. The molecule has 4 nitrogen and oxygen atoms in total. The normalized spacial score (nSPS) is 31.9. The number of nitrogens with one attached hydrogen (secondary N) is 1. The predicted octanol–water partition coefficient (Wildman–Crippen LogP) is 1.97. The summed E-state index contributed by atoms with van der Waals surface area (Å²) in [7, 11) is -1.34. The average molecular weight is 288 g/mol. The SMILES string of the molecule is CN(C1CC2CCC(C1)N2)S(=O)(=O)CCC(C)(C)C. The maximum Gasteiger partial charge on any atom is 0.214 e. The van der Waals surface area contributed by atoms with Crippen LogP contribution in [0.2, 0.25) is 0 Å². The van der Waals surface area contributed by atoms with Gasteiger partial charge in [0, 0.05) is 25.2 Å². The first-order chi connectivity index (χ1) is 8.67. The summed E-state index contributed by atoms with van der Waals surface area (Å²) in [5, 5.41) is 3.56. The molecule has 2 aliphatic heterocycles. The second-order valence-corrected chi connectivity index (χ2v) is 9.55. The van der Waals surface area contributed by atoms with Gasteiger partial charge in [-0.3, -0.25) is 0 Å². The van der Waals surface area contributed by atoms with Gasteiger partial charge in [0.1, 0.15) is 0 Å². The van der Waals surface area contributed by atoms with Gasteiger partial charge in [0.05, 0.1) is 5.75 Å². The number of hydrogen-bond acceptors (Lipinski definition) is 3. The van der Waals surface area contributed by atoms with E-state index in [1.54, 1.807) is 11.4 Å². The molecule has 0 radical (unpaired) electrons. The molecule has 0 spiro atoms. The zero-order valence-electron chi connectivity index (χ0n) is 12.6. The summed E-state index contributed by atoms with van der Waals surface area (Å²) in [4.78, 5) is 0. The highest BCUT2D eigenvalue weighted by molar-refractivity contribution is 7.89. The first-order valence-corrected chi connectivity index (χ1v) is 9.00. The molecule has 19 heavy (non-hydrogen) atoms. The minimum atomic E-state index is -3.11. The molecule has 2 aliphatic rings. The zero-order chi connectivity index (χ0) is 14.3. The summed E-state index contributed by atoms with van der Waals surface area (Å²) in [6.07, 6.45) is 5.08. The fourth-order valence-corrected chi connectivity index (χ4v) is 4.92. The predicted molar refractivity (Wildman–Crippen MR) is 78.6 cm³/mol. The number of piperidine rings is 1. The lowest BCUT2D eigenvalue weighted by Gasteiger charge is -2.35. The van der Waals surface area contributed by atoms with Gasteiger partial charge in [-0.25, -0.2) is 12.7 Å². The van der Waals surface area contributed by atoms with E-state index in [0.29, 0.717) is 12.1 Å². The summed E-state index contributed by atoms with van der Waals surface area (Å²) in [6, 6.07) is 1.26. The van der Waals surface area contributed by atoms with Crippen LogP contribution in [0.5, 0.6) is 0 Å². The van der Waals surface area contributed by atoms with Crippen LogP contribution >= 0.6 is 0 Å². The summed E-state index contributed by atoms with van der Waals surface area (Å²) in [5.74, 6) is 0.270. The molecule has 0 aliphatic carbocycles. The van der Waals surface area contributed by atoms with Crippen LogP contribution < -0.4 is 5.32 Å². The van der Waals surface area contributed by atoms with E-state index < -0.39 is 10.0 Å². The molecule has 0 saturated carbocycles. The van der Waals surface area contributed by atoms with Crippen LogP contribution in [0.3, 0.4) is 0 Å². The third kappa shape index (κ3) is 3.92. The minimum absolute atomic E-state index is 0.0705. The molecule has 0 aromatic carbocycles. The Kier molecular flexibility index (Phi) is 4.29. The van der Waals surface area contributed by atoms with Gasteiger partial charge in [0.15, 0.2) is 0 Å². The molecule has 5 heteroatoms. The monoisotopic (exact) mass is 288 g/mol. The van der Waals surface area contributed by atoms with Crippen molar-refractivity contribution in [3.8, 4) is 0 Å².